The standard InChI is InChI=1S/C21H13F6N3OS2/c1-32-19-29-18(31)17(33-19)14(10-3-5-16-12(6-10)9-28-30-16)7-11-2-4-13(20(22,23)24)8-15(11)21(25,26)27/h2-6,8-9,31H,7H2,1H3. The molecule has 1 aliphatic rings. The maximum absolute atomic E-state index is 13.7. The number of aromatic hydroxyl groups is 1. The van der Waals surface area contributed by atoms with E-state index in [-0.39, 0.29) is 28.8 Å². The monoisotopic (exact) mass is 501 g/mol. The summed E-state index contributed by atoms with van der Waals surface area (Å²) in [5, 5.41) is 19.1. The Morgan fingerprint density at radius 3 is 2.42 bits per heavy atom. The molecule has 33 heavy (non-hydrogen) atoms. The van der Waals surface area contributed by atoms with Gasteiger partial charge >= 0.3 is 12.4 Å². The zero-order chi connectivity index (χ0) is 24.0. The SMILES string of the molecule is CSc1nc(O)c(C(Cc2ccc(C(F)(F)F)cc2C(F)(F)F)=c2ccc3c(c2)C=NN=3)s1. The Bertz CT molecular complexity index is 1380. The van der Waals surface area contributed by atoms with Crippen molar-refractivity contribution in [2.24, 2.45) is 10.2 Å². The number of alkyl halides is 6. The van der Waals surface area contributed by atoms with Crippen LogP contribution in [-0.2, 0) is 18.8 Å². The Balaban J connectivity index is 1.94. The van der Waals surface area contributed by atoms with E-state index in [0.29, 0.717) is 32.1 Å². The Morgan fingerprint density at radius 2 is 1.79 bits per heavy atom. The summed E-state index contributed by atoms with van der Waals surface area (Å²) in [5.74, 6) is -0.362. The molecule has 172 valence electrons. The molecule has 0 spiro atoms. The Hall–Kier alpha value is -2.86. The minimum Gasteiger partial charge on any atom is -0.492 e. The van der Waals surface area contributed by atoms with E-state index in [2.05, 4.69) is 15.2 Å². The zero-order valence-electron chi connectivity index (χ0n) is 16.6. The van der Waals surface area contributed by atoms with E-state index >= 15 is 0 Å². The average Bonchev–Trinajstić information content (AvgIpc) is 3.36. The lowest BCUT2D eigenvalue weighted by molar-refractivity contribution is -0.143. The van der Waals surface area contributed by atoms with Crippen molar-refractivity contribution in [2.75, 3.05) is 6.26 Å². The number of thiazole rings is 1. The molecule has 0 amide bonds. The van der Waals surface area contributed by atoms with Gasteiger partial charge in [0.1, 0.15) is 0 Å². The largest absolute Gasteiger partial charge is 0.492 e. The molecule has 0 saturated carbocycles. The van der Waals surface area contributed by atoms with Gasteiger partial charge in [-0.25, -0.2) is 0 Å². The molecular formula is C21H13F6N3OS2. The lowest BCUT2D eigenvalue weighted by Crippen LogP contribution is -2.18. The number of benzene rings is 2. The van der Waals surface area contributed by atoms with Gasteiger partial charge in [-0.15, -0.1) is 11.3 Å². The summed E-state index contributed by atoms with van der Waals surface area (Å²) >= 11 is 2.33. The molecule has 0 aliphatic carbocycles. The minimum absolute atomic E-state index is 0.112. The van der Waals surface area contributed by atoms with Gasteiger partial charge < -0.3 is 5.11 Å². The highest BCUT2D eigenvalue weighted by atomic mass is 32.2. The van der Waals surface area contributed by atoms with E-state index < -0.39 is 23.5 Å². The van der Waals surface area contributed by atoms with Gasteiger partial charge in [0.05, 0.1) is 27.6 Å². The van der Waals surface area contributed by atoms with E-state index in [1.54, 1.807) is 24.5 Å². The molecule has 12 heteroatoms. The Morgan fingerprint density at radius 1 is 1.03 bits per heavy atom. The van der Waals surface area contributed by atoms with Crippen LogP contribution in [0.25, 0.3) is 5.57 Å². The van der Waals surface area contributed by atoms with Crippen LogP contribution in [0.2, 0.25) is 0 Å². The second-order valence-corrected chi connectivity index (χ2v) is 9.03. The van der Waals surface area contributed by atoms with Crippen LogP contribution in [0, 0.1) is 0 Å². The summed E-state index contributed by atoms with van der Waals surface area (Å²) in [4.78, 5) is 4.24. The van der Waals surface area contributed by atoms with E-state index in [4.69, 9.17) is 0 Å². The van der Waals surface area contributed by atoms with Gasteiger partial charge in [0, 0.05) is 12.0 Å². The summed E-state index contributed by atoms with van der Waals surface area (Å²) in [6.07, 6.45) is -7.10. The molecule has 0 atom stereocenters. The zero-order valence-corrected chi connectivity index (χ0v) is 18.3. The normalized spacial score (nSPS) is 14.3. The second kappa shape index (κ2) is 8.49. The molecule has 4 nitrogen and oxygen atoms in total. The number of rotatable bonds is 4. The van der Waals surface area contributed by atoms with Gasteiger partial charge in [-0.1, -0.05) is 23.9 Å². The smallest absolute Gasteiger partial charge is 0.416 e. The molecule has 0 unspecified atom stereocenters. The highest BCUT2D eigenvalue weighted by molar-refractivity contribution is 8.00. The van der Waals surface area contributed by atoms with E-state index in [0.717, 1.165) is 17.4 Å². The van der Waals surface area contributed by atoms with Gasteiger partial charge in [0.2, 0.25) is 5.88 Å². The Labute approximate surface area is 191 Å². The summed E-state index contributed by atoms with van der Waals surface area (Å²) in [6.45, 7) is 0. The van der Waals surface area contributed by atoms with Crippen molar-refractivity contribution >= 4 is 34.9 Å². The first-order valence-corrected chi connectivity index (χ1v) is 11.3. The van der Waals surface area contributed by atoms with Crippen molar-refractivity contribution in [2.45, 2.75) is 23.1 Å². The average molecular weight is 501 g/mol. The van der Waals surface area contributed by atoms with Crippen LogP contribution in [0.15, 0.2) is 50.9 Å². The molecule has 2 aromatic carbocycles. The van der Waals surface area contributed by atoms with Crippen molar-refractivity contribution in [1.82, 2.24) is 4.98 Å². The lowest BCUT2D eigenvalue weighted by Gasteiger charge is -2.17. The second-order valence-electron chi connectivity index (χ2n) is 6.98. The third kappa shape index (κ3) is 4.76. The molecule has 1 aliphatic heterocycles. The minimum atomic E-state index is -5.01. The van der Waals surface area contributed by atoms with E-state index in [9.17, 15) is 31.4 Å². The molecule has 2 heterocycles. The lowest BCUT2D eigenvalue weighted by atomic mass is 9.94. The molecule has 1 aromatic heterocycles. The molecule has 4 rings (SSSR count). The van der Waals surface area contributed by atoms with Gasteiger partial charge in [-0.3, -0.25) is 0 Å². The van der Waals surface area contributed by atoms with Gasteiger partial charge in [0.15, 0.2) is 4.34 Å². The molecule has 0 fully saturated rings. The maximum Gasteiger partial charge on any atom is 0.416 e. The first-order valence-electron chi connectivity index (χ1n) is 9.23. The van der Waals surface area contributed by atoms with Crippen LogP contribution in [0.3, 0.4) is 0 Å². The van der Waals surface area contributed by atoms with Crippen LogP contribution in [0.5, 0.6) is 5.88 Å². The number of hydrogen-bond donors (Lipinski definition) is 1. The summed E-state index contributed by atoms with van der Waals surface area (Å²) < 4.78 is 80.8. The molecule has 3 aromatic rings. The number of nitrogens with zero attached hydrogens (tertiary/aromatic N) is 3. The fourth-order valence-corrected chi connectivity index (χ4v) is 4.86. The molecule has 1 N–H and O–H groups in total. The predicted octanol–water partition coefficient (Wildman–Crippen LogP) is 5.02. The van der Waals surface area contributed by atoms with Crippen molar-refractivity contribution < 1.29 is 31.4 Å². The van der Waals surface area contributed by atoms with Crippen LogP contribution in [0.1, 0.15) is 27.1 Å². The summed E-state index contributed by atoms with van der Waals surface area (Å²) in [7, 11) is 0. The summed E-state index contributed by atoms with van der Waals surface area (Å²) in [5.41, 5.74) is -2.22. The first-order chi connectivity index (χ1) is 15.5. The van der Waals surface area contributed by atoms with Crippen LogP contribution < -0.4 is 10.6 Å². The van der Waals surface area contributed by atoms with Crippen LogP contribution >= 0.6 is 23.1 Å². The van der Waals surface area contributed by atoms with Gasteiger partial charge in [0.25, 0.3) is 0 Å². The van der Waals surface area contributed by atoms with Gasteiger partial charge in [-0.2, -0.15) is 41.5 Å². The highest BCUT2D eigenvalue weighted by Gasteiger charge is 2.38. The third-order valence-corrected chi connectivity index (χ3v) is 6.98. The molecule has 0 radical (unpaired) electrons. The van der Waals surface area contributed by atoms with Crippen molar-refractivity contribution in [3.63, 3.8) is 0 Å². The topological polar surface area (TPSA) is 57.8 Å². The third-order valence-electron chi connectivity index (χ3n) is 4.89. The quantitative estimate of drug-likeness (QED) is 0.404. The number of thioether (sulfide) groups is 1. The van der Waals surface area contributed by atoms with Crippen molar-refractivity contribution in [3.05, 3.63) is 74.1 Å². The van der Waals surface area contributed by atoms with Crippen LogP contribution in [-0.4, -0.2) is 22.6 Å². The number of fused-ring (bicyclic) bond motifs is 1. The predicted molar refractivity (Wildman–Crippen MR) is 113 cm³/mol. The maximum atomic E-state index is 13.7. The summed E-state index contributed by atoms with van der Waals surface area (Å²) in [6, 6.07) is 6.45. The highest BCUT2D eigenvalue weighted by Crippen LogP contribution is 2.40. The molecule has 0 bridgehead atoms. The van der Waals surface area contributed by atoms with Gasteiger partial charge in [-0.05, 0) is 46.9 Å². The van der Waals surface area contributed by atoms with E-state index in [1.807, 2.05) is 0 Å². The van der Waals surface area contributed by atoms with Crippen molar-refractivity contribution in [1.29, 1.82) is 0 Å². The fraction of sp³-hybridized carbons (Fsp3) is 0.190. The number of hydrogen-bond acceptors (Lipinski definition) is 6. The van der Waals surface area contributed by atoms with Crippen molar-refractivity contribution in [3.8, 4) is 5.88 Å². The van der Waals surface area contributed by atoms with E-state index in [1.165, 1.54) is 18.0 Å². The number of aromatic nitrogens is 1. The fourth-order valence-electron chi connectivity index (χ4n) is 3.34. The molecular weight excluding hydrogens is 488 g/mol. The molecule has 0 saturated heterocycles. The van der Waals surface area contributed by atoms with Crippen LogP contribution in [0.4, 0.5) is 26.3 Å². The first kappa shape index (κ1) is 23.3. The number of halogens is 6. The Kier molecular flexibility index (Phi) is 5.99.